The summed E-state index contributed by atoms with van der Waals surface area (Å²) in [5.74, 6) is -0.234. The van der Waals surface area contributed by atoms with Crippen LogP contribution < -0.4 is 0 Å². The van der Waals surface area contributed by atoms with Gasteiger partial charge >= 0.3 is 0 Å². The number of ketones is 1. The molecule has 0 atom stereocenters. The summed E-state index contributed by atoms with van der Waals surface area (Å²) in [6, 6.07) is 7.36. The fraction of sp³-hybridized carbons (Fsp3) is 0.143. The van der Waals surface area contributed by atoms with Gasteiger partial charge in [0.25, 0.3) is 5.91 Å². The van der Waals surface area contributed by atoms with Crippen molar-refractivity contribution >= 4 is 11.7 Å². The molecular formula is C21H21N7O3. The first-order valence-electron chi connectivity index (χ1n) is 9.23. The van der Waals surface area contributed by atoms with Crippen LogP contribution in [0, 0.1) is 0 Å². The van der Waals surface area contributed by atoms with Crippen LogP contribution in [0.2, 0.25) is 0 Å². The summed E-state index contributed by atoms with van der Waals surface area (Å²) in [6.07, 6.45) is 13.1. The summed E-state index contributed by atoms with van der Waals surface area (Å²) in [5, 5.41) is 9.30. The summed E-state index contributed by atoms with van der Waals surface area (Å²) >= 11 is 0. The van der Waals surface area contributed by atoms with Gasteiger partial charge in [-0.25, -0.2) is 14.4 Å². The number of Topliss-reactive ketones (excluding diaryl/α,β-unsaturated/α-hetero) is 1. The highest BCUT2D eigenvalue weighted by atomic mass is 16.7. The van der Waals surface area contributed by atoms with Crippen molar-refractivity contribution in [3.05, 3.63) is 85.0 Å². The lowest BCUT2D eigenvalue weighted by atomic mass is 10.3. The van der Waals surface area contributed by atoms with Gasteiger partial charge in [0.2, 0.25) is 0 Å². The molecule has 4 aromatic rings. The molecule has 10 heteroatoms. The second-order valence-corrected chi connectivity index (χ2v) is 6.31. The number of pyridine rings is 2. The normalized spacial score (nSPS) is 10.2. The lowest BCUT2D eigenvalue weighted by molar-refractivity contribution is -0.0757. The van der Waals surface area contributed by atoms with Gasteiger partial charge in [0, 0.05) is 31.8 Å². The number of amides is 1. The Hall–Kier alpha value is -4.18. The number of rotatable bonds is 5. The molecule has 0 bridgehead atoms. The molecule has 4 aromatic heterocycles. The number of nitrogens with zero attached hydrogens (tertiary/aromatic N) is 7. The third kappa shape index (κ3) is 5.46. The van der Waals surface area contributed by atoms with Gasteiger partial charge in [-0.1, -0.05) is 0 Å². The minimum Gasteiger partial charge on any atom is -0.294 e. The standard InChI is InChI=1S/C11H12N4O2.C10H9N3O/c1-14(17-2)11(16)9-6-13-15(8-9)10-4-3-5-12-7-10;1-8(14)9-5-12-13(7-9)10-3-2-4-11-6-10/h3-8H,1-2H3;2-7H,1H3. The maximum Gasteiger partial charge on any atom is 0.280 e. The summed E-state index contributed by atoms with van der Waals surface area (Å²) in [5.41, 5.74) is 2.71. The molecule has 4 heterocycles. The van der Waals surface area contributed by atoms with E-state index >= 15 is 0 Å². The van der Waals surface area contributed by atoms with E-state index in [4.69, 9.17) is 4.84 Å². The summed E-state index contributed by atoms with van der Waals surface area (Å²) < 4.78 is 3.22. The molecule has 0 saturated heterocycles. The first kappa shape index (κ1) is 21.5. The zero-order valence-electron chi connectivity index (χ0n) is 17.3. The van der Waals surface area contributed by atoms with Crippen molar-refractivity contribution in [3.8, 4) is 11.4 Å². The Balaban J connectivity index is 0.000000179. The first-order valence-corrected chi connectivity index (χ1v) is 9.23. The van der Waals surface area contributed by atoms with Crippen LogP contribution in [0.4, 0.5) is 0 Å². The van der Waals surface area contributed by atoms with E-state index in [1.54, 1.807) is 65.9 Å². The second kappa shape index (κ2) is 10.0. The number of hydroxylamine groups is 2. The van der Waals surface area contributed by atoms with Crippen molar-refractivity contribution in [2.75, 3.05) is 14.2 Å². The predicted octanol–water partition coefficient (Wildman–Crippen LogP) is 2.37. The fourth-order valence-corrected chi connectivity index (χ4v) is 2.46. The number of hydrogen-bond acceptors (Lipinski definition) is 7. The van der Waals surface area contributed by atoms with Gasteiger partial charge < -0.3 is 0 Å². The van der Waals surface area contributed by atoms with Gasteiger partial charge in [-0.15, -0.1) is 0 Å². The SMILES string of the molecule is CC(=O)c1cnn(-c2cccnc2)c1.CON(C)C(=O)c1cnn(-c2cccnc2)c1. The molecule has 0 saturated carbocycles. The van der Waals surface area contributed by atoms with E-state index in [-0.39, 0.29) is 11.7 Å². The van der Waals surface area contributed by atoms with Crippen molar-refractivity contribution in [2.45, 2.75) is 6.92 Å². The average molecular weight is 419 g/mol. The van der Waals surface area contributed by atoms with Crippen LogP contribution in [0.3, 0.4) is 0 Å². The highest BCUT2D eigenvalue weighted by Crippen LogP contribution is 2.08. The van der Waals surface area contributed by atoms with Crippen LogP contribution in [-0.2, 0) is 4.84 Å². The van der Waals surface area contributed by atoms with E-state index in [1.165, 1.54) is 20.2 Å². The molecule has 0 aromatic carbocycles. The maximum atomic E-state index is 11.8. The fourth-order valence-electron chi connectivity index (χ4n) is 2.46. The summed E-state index contributed by atoms with van der Waals surface area (Å²) in [6.45, 7) is 1.52. The minimum atomic E-state index is -0.248. The van der Waals surface area contributed by atoms with E-state index in [9.17, 15) is 9.59 Å². The van der Waals surface area contributed by atoms with E-state index in [1.807, 2.05) is 18.2 Å². The van der Waals surface area contributed by atoms with E-state index in [2.05, 4.69) is 20.2 Å². The highest BCUT2D eigenvalue weighted by Gasteiger charge is 2.13. The summed E-state index contributed by atoms with van der Waals surface area (Å²) in [4.78, 5) is 35.5. The number of carbonyl (C=O) groups is 2. The van der Waals surface area contributed by atoms with Crippen LogP contribution in [0.25, 0.3) is 11.4 Å². The molecule has 0 spiro atoms. The van der Waals surface area contributed by atoms with Crippen molar-refractivity contribution in [1.82, 2.24) is 34.6 Å². The monoisotopic (exact) mass is 419 g/mol. The Bertz CT molecular complexity index is 1140. The Kier molecular flexibility index (Phi) is 6.97. The van der Waals surface area contributed by atoms with Crippen LogP contribution in [0.5, 0.6) is 0 Å². The smallest absolute Gasteiger partial charge is 0.280 e. The van der Waals surface area contributed by atoms with E-state index < -0.39 is 0 Å². The average Bonchev–Trinajstić information content (AvgIpc) is 3.50. The Morgan fingerprint density at radius 1 is 0.871 bits per heavy atom. The molecule has 0 aliphatic heterocycles. The van der Waals surface area contributed by atoms with E-state index in [0.29, 0.717) is 11.1 Å². The Labute approximate surface area is 178 Å². The molecule has 4 rings (SSSR count). The first-order chi connectivity index (χ1) is 15.0. The zero-order valence-corrected chi connectivity index (χ0v) is 17.3. The summed E-state index contributed by atoms with van der Waals surface area (Å²) in [7, 11) is 2.98. The number of carbonyl (C=O) groups excluding carboxylic acids is 2. The largest absolute Gasteiger partial charge is 0.294 e. The molecule has 0 aliphatic rings. The van der Waals surface area contributed by atoms with Crippen LogP contribution >= 0.6 is 0 Å². The molecule has 0 N–H and O–H groups in total. The van der Waals surface area contributed by atoms with Gasteiger partial charge in [-0.3, -0.25) is 24.4 Å². The molecule has 0 fully saturated rings. The topological polar surface area (TPSA) is 108 Å². The quantitative estimate of drug-likeness (QED) is 0.361. The van der Waals surface area contributed by atoms with E-state index in [0.717, 1.165) is 16.4 Å². The van der Waals surface area contributed by atoms with Gasteiger partial charge in [0.1, 0.15) is 0 Å². The van der Waals surface area contributed by atoms with Gasteiger partial charge in [0.05, 0.1) is 54.4 Å². The number of aromatic nitrogens is 6. The predicted molar refractivity (Wildman–Crippen MR) is 112 cm³/mol. The van der Waals surface area contributed by atoms with Crippen LogP contribution in [0.1, 0.15) is 27.6 Å². The van der Waals surface area contributed by atoms with Crippen molar-refractivity contribution in [2.24, 2.45) is 0 Å². The Morgan fingerprint density at radius 2 is 1.39 bits per heavy atom. The Morgan fingerprint density at radius 3 is 1.81 bits per heavy atom. The van der Waals surface area contributed by atoms with Gasteiger partial charge in [-0.2, -0.15) is 10.2 Å². The molecule has 0 radical (unpaired) electrons. The highest BCUT2D eigenvalue weighted by molar-refractivity contribution is 5.93. The zero-order chi connectivity index (χ0) is 22.2. The van der Waals surface area contributed by atoms with Crippen LogP contribution in [-0.4, -0.2) is 60.4 Å². The van der Waals surface area contributed by atoms with Crippen molar-refractivity contribution < 1.29 is 14.4 Å². The third-order valence-corrected chi connectivity index (χ3v) is 4.20. The number of hydrogen-bond donors (Lipinski definition) is 0. The lowest BCUT2D eigenvalue weighted by Gasteiger charge is -2.11. The van der Waals surface area contributed by atoms with Gasteiger partial charge in [0.15, 0.2) is 5.78 Å². The van der Waals surface area contributed by atoms with Crippen LogP contribution in [0.15, 0.2) is 73.8 Å². The molecule has 158 valence electrons. The lowest BCUT2D eigenvalue weighted by Crippen LogP contribution is -2.24. The molecule has 31 heavy (non-hydrogen) atoms. The third-order valence-electron chi connectivity index (χ3n) is 4.20. The molecular weight excluding hydrogens is 398 g/mol. The molecule has 10 nitrogen and oxygen atoms in total. The van der Waals surface area contributed by atoms with Crippen molar-refractivity contribution in [3.63, 3.8) is 0 Å². The molecule has 0 unspecified atom stereocenters. The molecule has 0 aliphatic carbocycles. The second-order valence-electron chi connectivity index (χ2n) is 6.31. The molecule has 1 amide bonds. The maximum absolute atomic E-state index is 11.8. The van der Waals surface area contributed by atoms with Gasteiger partial charge in [-0.05, 0) is 31.2 Å². The minimum absolute atomic E-state index is 0.0140. The van der Waals surface area contributed by atoms with Crippen molar-refractivity contribution in [1.29, 1.82) is 0 Å².